The Morgan fingerprint density at radius 2 is 1.76 bits per heavy atom. The summed E-state index contributed by atoms with van der Waals surface area (Å²) in [4.78, 5) is 8.46. The molecule has 0 aliphatic rings. The Kier molecular flexibility index (Phi) is 3.69. The van der Waals surface area contributed by atoms with E-state index in [1.54, 1.807) is 12.4 Å². The summed E-state index contributed by atoms with van der Waals surface area (Å²) in [7, 11) is 0. The second-order valence-corrected chi connectivity index (χ2v) is 4.79. The largest absolute Gasteiger partial charge is 0.388 e. The maximum Gasteiger partial charge on any atom is 0.0890 e. The second-order valence-electron chi connectivity index (χ2n) is 4.79. The zero-order valence-corrected chi connectivity index (χ0v) is 10.3. The van der Waals surface area contributed by atoms with E-state index in [0.717, 1.165) is 29.4 Å². The van der Waals surface area contributed by atoms with Crippen molar-refractivity contribution >= 4 is 11.0 Å². The Balaban J connectivity index is 2.18. The van der Waals surface area contributed by atoms with Gasteiger partial charge in [0.05, 0.1) is 17.1 Å². The fourth-order valence-corrected chi connectivity index (χ4v) is 1.85. The van der Waals surface area contributed by atoms with E-state index in [0.29, 0.717) is 5.92 Å². The molecule has 3 heteroatoms. The fourth-order valence-electron chi connectivity index (χ4n) is 1.85. The standard InChI is InChI=1S/C14H18N2O/c1-10(2)3-6-14(17)11-4-5-12-13(9-11)16-8-7-15-12/h4-5,7-10,14,17H,3,6H2,1-2H3. The molecule has 0 radical (unpaired) electrons. The summed E-state index contributed by atoms with van der Waals surface area (Å²) in [6, 6.07) is 5.77. The van der Waals surface area contributed by atoms with Crippen LogP contribution in [0.1, 0.15) is 38.4 Å². The predicted octanol–water partition coefficient (Wildman–Crippen LogP) is 3.10. The lowest BCUT2D eigenvalue weighted by atomic mass is 9.99. The van der Waals surface area contributed by atoms with E-state index >= 15 is 0 Å². The molecule has 2 aromatic rings. The number of hydrogen-bond donors (Lipinski definition) is 1. The molecule has 17 heavy (non-hydrogen) atoms. The lowest BCUT2D eigenvalue weighted by Crippen LogP contribution is -2.00. The number of fused-ring (bicyclic) bond motifs is 1. The topological polar surface area (TPSA) is 46.0 Å². The lowest BCUT2D eigenvalue weighted by molar-refractivity contribution is 0.159. The van der Waals surface area contributed by atoms with E-state index < -0.39 is 6.10 Å². The van der Waals surface area contributed by atoms with Gasteiger partial charge in [0, 0.05) is 12.4 Å². The molecule has 1 unspecified atom stereocenters. The minimum absolute atomic E-state index is 0.399. The SMILES string of the molecule is CC(C)CCC(O)c1ccc2nccnc2c1. The number of benzene rings is 1. The van der Waals surface area contributed by atoms with Crippen LogP contribution in [0.2, 0.25) is 0 Å². The monoisotopic (exact) mass is 230 g/mol. The van der Waals surface area contributed by atoms with Crippen molar-refractivity contribution in [3.63, 3.8) is 0 Å². The summed E-state index contributed by atoms with van der Waals surface area (Å²) < 4.78 is 0. The molecule has 1 aromatic carbocycles. The molecule has 0 fully saturated rings. The molecule has 1 heterocycles. The third-order valence-corrected chi connectivity index (χ3v) is 2.90. The summed E-state index contributed by atoms with van der Waals surface area (Å²) in [5.74, 6) is 0.616. The minimum atomic E-state index is -0.399. The first-order valence-corrected chi connectivity index (χ1v) is 6.05. The van der Waals surface area contributed by atoms with Crippen molar-refractivity contribution in [2.24, 2.45) is 5.92 Å². The molecule has 0 saturated heterocycles. The van der Waals surface area contributed by atoms with Gasteiger partial charge in [-0.3, -0.25) is 9.97 Å². The van der Waals surface area contributed by atoms with Crippen LogP contribution in [0.25, 0.3) is 11.0 Å². The van der Waals surface area contributed by atoms with Gasteiger partial charge < -0.3 is 5.11 Å². The molecule has 0 spiro atoms. The molecule has 0 aliphatic carbocycles. The van der Waals surface area contributed by atoms with Crippen LogP contribution in [0, 0.1) is 5.92 Å². The van der Waals surface area contributed by atoms with Crippen LogP contribution in [0.15, 0.2) is 30.6 Å². The Labute approximate surface area is 102 Å². The summed E-state index contributed by atoms with van der Waals surface area (Å²) in [5.41, 5.74) is 2.64. The van der Waals surface area contributed by atoms with E-state index in [4.69, 9.17) is 0 Å². The van der Waals surface area contributed by atoms with E-state index in [-0.39, 0.29) is 0 Å². The number of aliphatic hydroxyl groups excluding tert-OH is 1. The molecular formula is C14H18N2O. The van der Waals surface area contributed by atoms with Crippen molar-refractivity contribution in [1.29, 1.82) is 0 Å². The van der Waals surface area contributed by atoms with Gasteiger partial charge in [0.2, 0.25) is 0 Å². The summed E-state index contributed by atoms with van der Waals surface area (Å²) >= 11 is 0. The first kappa shape index (κ1) is 12.0. The summed E-state index contributed by atoms with van der Waals surface area (Å²) in [6.45, 7) is 4.33. The molecule has 0 aliphatic heterocycles. The average Bonchev–Trinajstić information content (AvgIpc) is 2.35. The van der Waals surface area contributed by atoms with E-state index in [1.165, 1.54) is 0 Å². The molecule has 1 aromatic heterocycles. The Morgan fingerprint density at radius 3 is 2.47 bits per heavy atom. The van der Waals surface area contributed by atoms with Crippen LogP contribution in [0.4, 0.5) is 0 Å². The number of rotatable bonds is 4. The molecule has 2 rings (SSSR count). The van der Waals surface area contributed by atoms with E-state index in [2.05, 4.69) is 23.8 Å². The quantitative estimate of drug-likeness (QED) is 0.877. The Bertz CT molecular complexity index is 496. The molecule has 0 amide bonds. The lowest BCUT2D eigenvalue weighted by Gasteiger charge is -2.12. The molecule has 0 saturated carbocycles. The highest BCUT2D eigenvalue weighted by Crippen LogP contribution is 2.22. The maximum absolute atomic E-state index is 10.1. The van der Waals surface area contributed by atoms with Crippen LogP contribution in [-0.2, 0) is 0 Å². The van der Waals surface area contributed by atoms with Gasteiger partial charge in [-0.2, -0.15) is 0 Å². The summed E-state index contributed by atoms with van der Waals surface area (Å²) in [5, 5.41) is 10.1. The normalized spacial score (nSPS) is 13.2. The third-order valence-electron chi connectivity index (χ3n) is 2.90. The predicted molar refractivity (Wildman–Crippen MR) is 68.6 cm³/mol. The second kappa shape index (κ2) is 5.23. The van der Waals surface area contributed by atoms with Crippen molar-refractivity contribution < 1.29 is 5.11 Å². The van der Waals surface area contributed by atoms with Gasteiger partial charge in [-0.1, -0.05) is 19.9 Å². The third kappa shape index (κ3) is 3.01. The molecule has 1 atom stereocenters. The molecule has 1 N–H and O–H groups in total. The van der Waals surface area contributed by atoms with E-state index in [1.807, 2.05) is 18.2 Å². The molecule has 90 valence electrons. The molecular weight excluding hydrogens is 212 g/mol. The Hall–Kier alpha value is -1.48. The highest BCUT2D eigenvalue weighted by Gasteiger charge is 2.09. The van der Waals surface area contributed by atoms with Crippen LogP contribution in [-0.4, -0.2) is 15.1 Å². The van der Waals surface area contributed by atoms with Gasteiger partial charge in [0.1, 0.15) is 0 Å². The van der Waals surface area contributed by atoms with Crippen LogP contribution in [0.3, 0.4) is 0 Å². The average molecular weight is 230 g/mol. The fraction of sp³-hybridized carbons (Fsp3) is 0.429. The number of nitrogens with zero attached hydrogens (tertiary/aromatic N) is 2. The first-order chi connectivity index (χ1) is 8.16. The van der Waals surface area contributed by atoms with Crippen molar-refractivity contribution in [3.05, 3.63) is 36.2 Å². The zero-order valence-electron chi connectivity index (χ0n) is 10.3. The van der Waals surface area contributed by atoms with E-state index in [9.17, 15) is 5.11 Å². The first-order valence-electron chi connectivity index (χ1n) is 6.05. The molecule has 3 nitrogen and oxygen atoms in total. The van der Waals surface area contributed by atoms with Crippen LogP contribution in [0.5, 0.6) is 0 Å². The summed E-state index contributed by atoms with van der Waals surface area (Å²) in [6.07, 6.45) is 4.77. The highest BCUT2D eigenvalue weighted by atomic mass is 16.3. The Morgan fingerprint density at radius 1 is 1.06 bits per heavy atom. The van der Waals surface area contributed by atoms with Crippen molar-refractivity contribution in [3.8, 4) is 0 Å². The van der Waals surface area contributed by atoms with Gasteiger partial charge in [0.15, 0.2) is 0 Å². The van der Waals surface area contributed by atoms with Crippen molar-refractivity contribution in [2.45, 2.75) is 32.8 Å². The van der Waals surface area contributed by atoms with Gasteiger partial charge in [-0.15, -0.1) is 0 Å². The van der Waals surface area contributed by atoms with Crippen molar-refractivity contribution in [2.75, 3.05) is 0 Å². The smallest absolute Gasteiger partial charge is 0.0890 e. The number of aromatic nitrogens is 2. The van der Waals surface area contributed by atoms with Gasteiger partial charge in [-0.05, 0) is 36.5 Å². The van der Waals surface area contributed by atoms with Crippen molar-refractivity contribution in [1.82, 2.24) is 9.97 Å². The zero-order chi connectivity index (χ0) is 12.3. The van der Waals surface area contributed by atoms with Gasteiger partial charge >= 0.3 is 0 Å². The van der Waals surface area contributed by atoms with Gasteiger partial charge in [0.25, 0.3) is 0 Å². The van der Waals surface area contributed by atoms with Gasteiger partial charge in [-0.25, -0.2) is 0 Å². The highest BCUT2D eigenvalue weighted by molar-refractivity contribution is 5.74. The van der Waals surface area contributed by atoms with Crippen LogP contribution < -0.4 is 0 Å². The minimum Gasteiger partial charge on any atom is -0.388 e. The number of aliphatic hydroxyl groups is 1. The molecule has 0 bridgehead atoms. The maximum atomic E-state index is 10.1. The van der Waals surface area contributed by atoms with Crippen LogP contribution >= 0.6 is 0 Å². The number of hydrogen-bond acceptors (Lipinski definition) is 3.